The first-order valence-electron chi connectivity index (χ1n) is 6.08. The van der Waals surface area contributed by atoms with Crippen LogP contribution in [0.15, 0.2) is 6.33 Å². The van der Waals surface area contributed by atoms with Gasteiger partial charge in [0.2, 0.25) is 0 Å². The number of hydrogen-bond donors (Lipinski definition) is 2. The Labute approximate surface area is 102 Å². The van der Waals surface area contributed by atoms with Gasteiger partial charge in [-0.3, -0.25) is 0 Å². The molecule has 1 aromatic heterocycles. The van der Waals surface area contributed by atoms with Crippen LogP contribution in [-0.2, 0) is 4.74 Å². The maximum atomic E-state index is 5.91. The lowest BCUT2D eigenvalue weighted by molar-refractivity contribution is 0.121. The van der Waals surface area contributed by atoms with Crippen LogP contribution in [0, 0.1) is 0 Å². The van der Waals surface area contributed by atoms with Crippen LogP contribution in [0.2, 0.25) is 0 Å². The van der Waals surface area contributed by atoms with Crippen LogP contribution in [0.4, 0.5) is 11.6 Å². The van der Waals surface area contributed by atoms with Crippen molar-refractivity contribution in [2.45, 2.75) is 45.3 Å². The predicted molar refractivity (Wildman–Crippen MR) is 68.0 cm³/mol. The SMILES string of the molecule is CC(C)c1c(N)ncnc1NC1CCOC1C. The first-order chi connectivity index (χ1) is 8.09. The topological polar surface area (TPSA) is 73.1 Å². The van der Waals surface area contributed by atoms with Crippen molar-refractivity contribution in [3.05, 3.63) is 11.9 Å². The molecule has 2 unspecified atom stereocenters. The molecule has 0 radical (unpaired) electrons. The third kappa shape index (κ3) is 2.49. The molecule has 2 heterocycles. The van der Waals surface area contributed by atoms with E-state index in [0.29, 0.717) is 17.8 Å². The molecule has 1 aromatic rings. The molecule has 0 bridgehead atoms. The van der Waals surface area contributed by atoms with E-state index in [0.717, 1.165) is 24.4 Å². The summed E-state index contributed by atoms with van der Waals surface area (Å²) in [5.74, 6) is 1.70. The van der Waals surface area contributed by atoms with Crippen molar-refractivity contribution < 1.29 is 4.74 Å². The first kappa shape index (κ1) is 12.1. The van der Waals surface area contributed by atoms with Crippen LogP contribution < -0.4 is 11.1 Å². The van der Waals surface area contributed by atoms with Gasteiger partial charge in [-0.2, -0.15) is 0 Å². The minimum absolute atomic E-state index is 0.214. The van der Waals surface area contributed by atoms with Crippen LogP contribution in [0.1, 0.15) is 38.7 Å². The van der Waals surface area contributed by atoms with Gasteiger partial charge < -0.3 is 15.8 Å². The molecule has 0 aromatic carbocycles. The molecule has 3 N–H and O–H groups in total. The van der Waals surface area contributed by atoms with E-state index in [1.807, 2.05) is 0 Å². The summed E-state index contributed by atoms with van der Waals surface area (Å²) in [5.41, 5.74) is 6.90. The number of aromatic nitrogens is 2. The molecule has 2 atom stereocenters. The molecule has 5 nitrogen and oxygen atoms in total. The second-order valence-corrected chi connectivity index (χ2v) is 4.79. The summed E-state index contributed by atoms with van der Waals surface area (Å²) in [5, 5.41) is 3.43. The van der Waals surface area contributed by atoms with Crippen LogP contribution in [0.5, 0.6) is 0 Å². The number of hydrogen-bond acceptors (Lipinski definition) is 5. The molecule has 1 fully saturated rings. The molecule has 5 heteroatoms. The molecular formula is C12H20N4O. The van der Waals surface area contributed by atoms with Crippen LogP contribution in [-0.4, -0.2) is 28.7 Å². The molecule has 2 rings (SSSR count). The van der Waals surface area contributed by atoms with Crippen LogP contribution in [0.25, 0.3) is 0 Å². The number of nitrogen functional groups attached to an aromatic ring is 1. The molecular weight excluding hydrogens is 216 g/mol. The average molecular weight is 236 g/mol. The molecule has 0 aliphatic carbocycles. The summed E-state index contributed by atoms with van der Waals surface area (Å²) >= 11 is 0. The fourth-order valence-electron chi connectivity index (χ4n) is 2.19. The molecule has 1 aliphatic rings. The van der Waals surface area contributed by atoms with Crippen molar-refractivity contribution in [1.82, 2.24) is 9.97 Å². The highest BCUT2D eigenvalue weighted by Gasteiger charge is 2.25. The summed E-state index contributed by atoms with van der Waals surface area (Å²) in [6.45, 7) is 7.06. The van der Waals surface area contributed by atoms with Gasteiger partial charge in [0.15, 0.2) is 0 Å². The minimum Gasteiger partial charge on any atom is -0.383 e. The van der Waals surface area contributed by atoms with Gasteiger partial charge in [0.05, 0.1) is 12.1 Å². The zero-order chi connectivity index (χ0) is 12.4. The van der Waals surface area contributed by atoms with Crippen molar-refractivity contribution in [3.63, 3.8) is 0 Å². The lowest BCUT2D eigenvalue weighted by Gasteiger charge is -2.20. The standard InChI is InChI=1S/C12H20N4O/c1-7(2)10-11(13)14-6-15-12(10)16-9-4-5-17-8(9)3/h6-9H,4-5H2,1-3H3,(H3,13,14,15,16). The highest BCUT2D eigenvalue weighted by molar-refractivity contribution is 5.57. The zero-order valence-electron chi connectivity index (χ0n) is 10.6. The third-order valence-electron chi connectivity index (χ3n) is 3.19. The fourth-order valence-corrected chi connectivity index (χ4v) is 2.19. The Morgan fingerprint density at radius 3 is 2.82 bits per heavy atom. The Morgan fingerprint density at radius 1 is 1.47 bits per heavy atom. The van der Waals surface area contributed by atoms with E-state index < -0.39 is 0 Å². The average Bonchev–Trinajstić information content (AvgIpc) is 2.64. The first-order valence-corrected chi connectivity index (χ1v) is 6.08. The number of anilines is 2. The molecule has 0 amide bonds. The van der Waals surface area contributed by atoms with Crippen molar-refractivity contribution in [2.75, 3.05) is 17.7 Å². The smallest absolute Gasteiger partial charge is 0.135 e. The Kier molecular flexibility index (Phi) is 3.47. The van der Waals surface area contributed by atoms with E-state index in [-0.39, 0.29) is 6.10 Å². The summed E-state index contributed by atoms with van der Waals surface area (Å²) in [7, 11) is 0. The maximum absolute atomic E-state index is 5.91. The van der Waals surface area contributed by atoms with Gasteiger partial charge in [-0.05, 0) is 19.3 Å². The van der Waals surface area contributed by atoms with Gasteiger partial charge >= 0.3 is 0 Å². The van der Waals surface area contributed by atoms with E-state index in [4.69, 9.17) is 10.5 Å². The number of nitrogens with two attached hydrogens (primary N) is 1. The van der Waals surface area contributed by atoms with Gasteiger partial charge in [0, 0.05) is 12.2 Å². The molecule has 0 saturated carbocycles. The van der Waals surface area contributed by atoms with Crippen molar-refractivity contribution in [3.8, 4) is 0 Å². The fraction of sp³-hybridized carbons (Fsp3) is 0.667. The van der Waals surface area contributed by atoms with E-state index >= 15 is 0 Å². The summed E-state index contributed by atoms with van der Waals surface area (Å²) < 4.78 is 5.53. The normalized spacial score (nSPS) is 24.2. The zero-order valence-corrected chi connectivity index (χ0v) is 10.6. The van der Waals surface area contributed by atoms with Gasteiger partial charge in [-0.15, -0.1) is 0 Å². The lowest BCUT2D eigenvalue weighted by Crippen LogP contribution is -2.28. The molecule has 0 spiro atoms. The van der Waals surface area contributed by atoms with E-state index in [9.17, 15) is 0 Å². The maximum Gasteiger partial charge on any atom is 0.135 e. The second-order valence-electron chi connectivity index (χ2n) is 4.79. The highest BCUT2D eigenvalue weighted by atomic mass is 16.5. The molecule has 1 saturated heterocycles. The second kappa shape index (κ2) is 4.87. The largest absolute Gasteiger partial charge is 0.383 e. The van der Waals surface area contributed by atoms with Gasteiger partial charge in [-0.25, -0.2) is 9.97 Å². The third-order valence-corrected chi connectivity index (χ3v) is 3.19. The monoisotopic (exact) mass is 236 g/mol. The number of nitrogens with zero attached hydrogens (tertiary/aromatic N) is 2. The van der Waals surface area contributed by atoms with E-state index in [1.54, 1.807) is 0 Å². The van der Waals surface area contributed by atoms with Crippen molar-refractivity contribution in [2.24, 2.45) is 0 Å². The number of nitrogens with one attached hydrogen (secondary N) is 1. The predicted octanol–water partition coefficient (Wildman–Crippen LogP) is 1.77. The molecule has 94 valence electrons. The van der Waals surface area contributed by atoms with Crippen molar-refractivity contribution >= 4 is 11.6 Å². The van der Waals surface area contributed by atoms with Gasteiger partial charge in [0.1, 0.15) is 18.0 Å². The number of rotatable bonds is 3. The van der Waals surface area contributed by atoms with Crippen LogP contribution >= 0.6 is 0 Å². The van der Waals surface area contributed by atoms with E-state index in [2.05, 4.69) is 36.1 Å². The lowest BCUT2D eigenvalue weighted by atomic mass is 10.0. The number of ether oxygens (including phenoxy) is 1. The molecule has 17 heavy (non-hydrogen) atoms. The Morgan fingerprint density at radius 2 is 2.24 bits per heavy atom. The van der Waals surface area contributed by atoms with Gasteiger partial charge in [-0.1, -0.05) is 13.8 Å². The summed E-state index contributed by atoms with van der Waals surface area (Å²) in [6, 6.07) is 0.307. The Hall–Kier alpha value is -1.36. The molecule has 1 aliphatic heterocycles. The Balaban J connectivity index is 2.23. The van der Waals surface area contributed by atoms with Crippen molar-refractivity contribution in [1.29, 1.82) is 0 Å². The Bertz CT molecular complexity index is 394. The highest BCUT2D eigenvalue weighted by Crippen LogP contribution is 2.28. The summed E-state index contributed by atoms with van der Waals surface area (Å²) in [6.07, 6.45) is 2.72. The summed E-state index contributed by atoms with van der Waals surface area (Å²) in [4.78, 5) is 8.35. The van der Waals surface area contributed by atoms with E-state index in [1.165, 1.54) is 6.33 Å². The minimum atomic E-state index is 0.214. The van der Waals surface area contributed by atoms with Crippen LogP contribution in [0.3, 0.4) is 0 Å². The quantitative estimate of drug-likeness (QED) is 0.836. The van der Waals surface area contributed by atoms with Gasteiger partial charge in [0.25, 0.3) is 0 Å².